The first-order valence-electron chi connectivity index (χ1n) is 8.46. The summed E-state index contributed by atoms with van der Waals surface area (Å²) in [6.07, 6.45) is 2.68. The van der Waals surface area contributed by atoms with Crippen LogP contribution < -0.4 is 0 Å². The molecule has 2 N–H and O–H groups in total. The summed E-state index contributed by atoms with van der Waals surface area (Å²) in [5.74, 6) is -2.67. The highest BCUT2D eigenvalue weighted by atomic mass is 19.4. The fourth-order valence-corrected chi connectivity index (χ4v) is 3.53. The molecule has 0 atom stereocenters. The van der Waals surface area contributed by atoms with Gasteiger partial charge in [0.15, 0.2) is 0 Å². The van der Waals surface area contributed by atoms with Gasteiger partial charge in [0.25, 0.3) is 5.91 Å². The molecule has 1 amide bonds. The third-order valence-corrected chi connectivity index (χ3v) is 5.15. The van der Waals surface area contributed by atoms with Crippen LogP contribution >= 0.6 is 0 Å². The number of piperidine rings is 2. The van der Waals surface area contributed by atoms with Crippen LogP contribution in [-0.4, -0.2) is 75.4 Å². The Kier molecular flexibility index (Phi) is 6.27. The number of carbonyl (C=O) groups is 2. The van der Waals surface area contributed by atoms with Crippen LogP contribution in [0.2, 0.25) is 0 Å². The zero-order valence-electron chi connectivity index (χ0n) is 14.6. The highest BCUT2D eigenvalue weighted by Gasteiger charge is 2.40. The maximum absolute atomic E-state index is 12.3. The highest BCUT2D eigenvalue weighted by Crippen LogP contribution is 2.36. The van der Waals surface area contributed by atoms with Crippen molar-refractivity contribution in [3.63, 3.8) is 0 Å². The van der Waals surface area contributed by atoms with Gasteiger partial charge in [-0.25, -0.2) is 4.79 Å². The molecule has 3 heterocycles. The van der Waals surface area contributed by atoms with E-state index in [1.54, 1.807) is 12.3 Å². The molecule has 3 rings (SSSR count). The Morgan fingerprint density at radius 2 is 1.81 bits per heavy atom. The van der Waals surface area contributed by atoms with Gasteiger partial charge >= 0.3 is 12.1 Å². The van der Waals surface area contributed by atoms with Crippen LogP contribution in [0.1, 0.15) is 42.6 Å². The average molecular weight is 376 g/mol. The van der Waals surface area contributed by atoms with Gasteiger partial charge in [0.1, 0.15) is 5.69 Å². The monoisotopic (exact) mass is 376 g/mol. The van der Waals surface area contributed by atoms with Gasteiger partial charge in [-0.3, -0.25) is 9.89 Å². The van der Waals surface area contributed by atoms with Crippen LogP contribution in [0, 0.1) is 0 Å². The van der Waals surface area contributed by atoms with Gasteiger partial charge in [0.2, 0.25) is 0 Å². The summed E-state index contributed by atoms with van der Waals surface area (Å²) < 4.78 is 31.7. The maximum atomic E-state index is 12.3. The van der Waals surface area contributed by atoms with E-state index in [4.69, 9.17) is 9.90 Å². The fraction of sp³-hybridized carbons (Fsp3) is 0.688. The van der Waals surface area contributed by atoms with Gasteiger partial charge in [-0.2, -0.15) is 18.3 Å². The number of hydrogen-bond donors (Lipinski definition) is 2. The van der Waals surface area contributed by atoms with Gasteiger partial charge in [-0.05, 0) is 45.3 Å². The molecule has 0 aliphatic carbocycles. The molecule has 0 saturated carbocycles. The second kappa shape index (κ2) is 8.07. The van der Waals surface area contributed by atoms with Crippen molar-refractivity contribution in [2.75, 3.05) is 26.7 Å². The largest absolute Gasteiger partial charge is 0.490 e. The van der Waals surface area contributed by atoms with E-state index < -0.39 is 12.1 Å². The first-order valence-corrected chi connectivity index (χ1v) is 8.46. The smallest absolute Gasteiger partial charge is 0.475 e. The van der Waals surface area contributed by atoms with E-state index in [0.29, 0.717) is 11.2 Å². The van der Waals surface area contributed by atoms with Crippen LogP contribution in [0.5, 0.6) is 0 Å². The predicted octanol–water partition coefficient (Wildman–Crippen LogP) is 2.13. The number of aromatic amines is 1. The average Bonchev–Trinajstić information content (AvgIpc) is 3.12. The Labute approximate surface area is 149 Å². The normalized spacial score (nSPS) is 20.4. The molecule has 2 aliphatic heterocycles. The Morgan fingerprint density at radius 1 is 1.19 bits per heavy atom. The molecule has 2 fully saturated rings. The molecule has 146 valence electrons. The van der Waals surface area contributed by atoms with Crippen molar-refractivity contribution in [1.29, 1.82) is 0 Å². The summed E-state index contributed by atoms with van der Waals surface area (Å²) in [6, 6.07) is 1.75. The number of halogens is 3. The number of rotatable bonds is 1. The molecule has 0 unspecified atom stereocenters. The van der Waals surface area contributed by atoms with E-state index in [2.05, 4.69) is 22.1 Å². The van der Waals surface area contributed by atoms with Gasteiger partial charge in [-0.15, -0.1) is 0 Å². The van der Waals surface area contributed by atoms with Crippen molar-refractivity contribution in [1.82, 2.24) is 20.0 Å². The fourth-order valence-electron chi connectivity index (χ4n) is 3.53. The minimum absolute atomic E-state index is 0.0887. The molecule has 0 aromatic carbocycles. The van der Waals surface area contributed by atoms with Gasteiger partial charge in [-0.1, -0.05) is 6.42 Å². The molecule has 0 bridgehead atoms. The number of nitrogens with zero attached hydrogens (tertiary/aromatic N) is 3. The van der Waals surface area contributed by atoms with Crippen molar-refractivity contribution in [2.24, 2.45) is 0 Å². The van der Waals surface area contributed by atoms with Gasteiger partial charge in [0, 0.05) is 24.8 Å². The second-order valence-corrected chi connectivity index (χ2v) is 6.67. The second-order valence-electron chi connectivity index (χ2n) is 6.67. The third kappa shape index (κ3) is 4.75. The lowest BCUT2D eigenvalue weighted by Crippen LogP contribution is -2.56. The summed E-state index contributed by atoms with van der Waals surface area (Å²) >= 11 is 0. The van der Waals surface area contributed by atoms with Gasteiger partial charge < -0.3 is 14.9 Å². The topological polar surface area (TPSA) is 89.5 Å². The summed E-state index contributed by atoms with van der Waals surface area (Å²) in [5, 5.41) is 13.7. The summed E-state index contributed by atoms with van der Waals surface area (Å²) in [4.78, 5) is 25.6. The predicted molar refractivity (Wildman–Crippen MR) is 86.6 cm³/mol. The number of aromatic nitrogens is 2. The number of H-pyrrole nitrogens is 1. The Bertz CT molecular complexity index is 611. The Balaban J connectivity index is 0.000000298. The van der Waals surface area contributed by atoms with E-state index >= 15 is 0 Å². The van der Waals surface area contributed by atoms with Crippen LogP contribution in [0.4, 0.5) is 13.2 Å². The molecular formula is C16H23F3N4O3. The molecule has 1 aromatic heterocycles. The van der Waals surface area contributed by atoms with Crippen LogP contribution in [0.3, 0.4) is 0 Å². The SMILES string of the molecule is CN1CCCCC12CCN(C(=O)c1ccn[nH]1)CC2.O=C(O)C(F)(F)F. The molecule has 10 heteroatoms. The molecule has 26 heavy (non-hydrogen) atoms. The number of carboxylic acid groups (broad SMARTS) is 1. The van der Waals surface area contributed by atoms with E-state index in [0.717, 1.165) is 25.9 Å². The first-order chi connectivity index (χ1) is 12.2. The van der Waals surface area contributed by atoms with E-state index in [-0.39, 0.29) is 5.91 Å². The van der Waals surface area contributed by atoms with E-state index in [1.165, 1.54) is 25.8 Å². The minimum atomic E-state index is -5.08. The lowest BCUT2D eigenvalue weighted by Gasteiger charge is -2.50. The van der Waals surface area contributed by atoms with Crippen LogP contribution in [0.25, 0.3) is 0 Å². The van der Waals surface area contributed by atoms with Crippen LogP contribution in [0.15, 0.2) is 12.3 Å². The quantitative estimate of drug-likeness (QED) is 0.784. The van der Waals surface area contributed by atoms with E-state index in [1.807, 2.05) is 4.90 Å². The molecule has 1 spiro atoms. The summed E-state index contributed by atoms with van der Waals surface area (Å²) in [5.41, 5.74) is 0.955. The third-order valence-electron chi connectivity index (χ3n) is 5.15. The Morgan fingerprint density at radius 3 is 2.27 bits per heavy atom. The lowest BCUT2D eigenvalue weighted by molar-refractivity contribution is -0.192. The van der Waals surface area contributed by atoms with Gasteiger partial charge in [0.05, 0.1) is 0 Å². The zero-order valence-corrected chi connectivity index (χ0v) is 14.6. The standard InChI is InChI=1S/C14H22N4O.C2HF3O2/c1-17-9-3-2-5-14(17)6-10-18(11-7-14)13(19)12-4-8-15-16-12;3-2(4,5)1(6)7/h4,8H,2-3,5-7,9-11H2,1H3,(H,15,16);(H,6,7). The number of carboxylic acids is 1. The van der Waals surface area contributed by atoms with Crippen molar-refractivity contribution in [3.05, 3.63) is 18.0 Å². The summed E-state index contributed by atoms with van der Waals surface area (Å²) in [6.45, 7) is 2.93. The number of alkyl halides is 3. The molecule has 0 radical (unpaired) electrons. The molecule has 2 saturated heterocycles. The summed E-state index contributed by atoms with van der Waals surface area (Å²) in [7, 11) is 2.24. The lowest BCUT2D eigenvalue weighted by atomic mass is 9.79. The highest BCUT2D eigenvalue weighted by molar-refractivity contribution is 5.92. The molecule has 1 aromatic rings. The molecule has 2 aliphatic rings. The first kappa shape index (κ1) is 20.2. The number of carbonyl (C=O) groups excluding carboxylic acids is 1. The number of aliphatic carboxylic acids is 1. The molecule has 7 nitrogen and oxygen atoms in total. The Hall–Kier alpha value is -2.10. The van der Waals surface area contributed by atoms with Crippen molar-refractivity contribution in [3.8, 4) is 0 Å². The van der Waals surface area contributed by atoms with Crippen molar-refractivity contribution in [2.45, 2.75) is 43.8 Å². The number of amides is 1. The zero-order chi connectivity index (χ0) is 19.4. The van der Waals surface area contributed by atoms with Crippen molar-refractivity contribution >= 4 is 11.9 Å². The minimum Gasteiger partial charge on any atom is -0.475 e. The maximum Gasteiger partial charge on any atom is 0.490 e. The number of nitrogens with one attached hydrogen (secondary N) is 1. The van der Waals surface area contributed by atoms with Crippen LogP contribution in [-0.2, 0) is 4.79 Å². The number of likely N-dealkylation sites (tertiary alicyclic amines) is 2. The number of hydrogen-bond acceptors (Lipinski definition) is 4. The van der Waals surface area contributed by atoms with Crippen molar-refractivity contribution < 1.29 is 27.9 Å². The molecular weight excluding hydrogens is 353 g/mol. The van der Waals surface area contributed by atoms with E-state index in [9.17, 15) is 18.0 Å².